The molecule has 0 atom stereocenters. The zero-order valence-corrected chi connectivity index (χ0v) is 79.2. The number of nitriles is 1. The number of carbonyl (C=O) groups excluding carboxylic acids is 1. The van der Waals surface area contributed by atoms with Crippen LogP contribution in [0.5, 0.6) is 0 Å². The van der Waals surface area contributed by atoms with Crippen LogP contribution in [0.2, 0.25) is 0 Å². The Morgan fingerprint density at radius 1 is 0.486 bits per heavy atom. The van der Waals surface area contributed by atoms with Crippen molar-refractivity contribution in [3.63, 3.8) is 0 Å². The number of hydrogen-bond donors (Lipinski definition) is 0. The SMILES string of the molecule is C.C.CC(C)C(=C[N+](=O)[O-])C(C)C.CC(C)C(=NC#N)C(C)C.CC(C)C(=O)C(C)C.CC(C)C(=S)C(C)C.CC(C)C1=NS(=O)(=O)N=C(C(C)C)N1C.CC(C)C1=NS(=O)(=O)N=C1C(C)C.CC(C)C1=NS(=O)N=C1C(C)C.CC(C)S(=O)(=O)C(C)C.CC(C)c1c(C(C)C)c(=O)c1=O.CC(C)c1nsnc1C(C)C. The predicted molar refractivity (Wildman–Crippen MR) is 482 cm³/mol. The normalized spacial score (nSPS) is 14.2. The topological polar surface area (TPSA) is 353 Å². The first-order valence-electron chi connectivity index (χ1n) is 38.2. The van der Waals surface area contributed by atoms with Crippen LogP contribution < -0.4 is 10.9 Å². The molecule has 0 saturated heterocycles. The van der Waals surface area contributed by atoms with Gasteiger partial charge in [0.25, 0.3) is 11.2 Å². The number of Topliss-reactive ketones (excluding diaryl/α,β-unsaturated/α-hetero) is 1. The fraction of sp³-hybridized carbons (Fsp3) is 0.778. The Hall–Kier alpha value is -5.48. The Kier molecular flexibility index (Phi) is 59.8. The number of amidine groups is 2. The van der Waals surface area contributed by atoms with Crippen LogP contribution >= 0.6 is 23.9 Å². The second kappa shape index (κ2) is 55.9. The van der Waals surface area contributed by atoms with E-state index in [0.29, 0.717) is 76.2 Å². The quantitative estimate of drug-likeness (QED) is 0.0280. The Bertz CT molecular complexity index is 3690. The van der Waals surface area contributed by atoms with E-state index >= 15 is 0 Å². The van der Waals surface area contributed by atoms with Gasteiger partial charge < -0.3 is 4.90 Å². The predicted octanol–water partition coefficient (Wildman–Crippen LogP) is 20.5. The van der Waals surface area contributed by atoms with Crippen molar-refractivity contribution >= 4 is 116 Å². The van der Waals surface area contributed by atoms with Gasteiger partial charge in [-0.1, -0.05) is 276 Å². The smallest absolute Gasteiger partial charge is 0.319 e. The van der Waals surface area contributed by atoms with Crippen LogP contribution in [0.3, 0.4) is 0 Å². The molecular formula is C81H152N12O12S6. The summed E-state index contributed by atoms with van der Waals surface area (Å²) in [7, 11) is -8.25. The van der Waals surface area contributed by atoms with E-state index < -0.39 is 41.4 Å². The maximum Gasteiger partial charge on any atom is 0.366 e. The van der Waals surface area contributed by atoms with Crippen molar-refractivity contribution in [2.75, 3.05) is 7.05 Å². The molecule has 3 aliphatic rings. The van der Waals surface area contributed by atoms with E-state index in [-0.39, 0.29) is 100 Å². The minimum Gasteiger partial charge on any atom is -0.319 e. The van der Waals surface area contributed by atoms with E-state index in [1.54, 1.807) is 39.6 Å². The molecule has 1 aromatic carbocycles. The lowest BCUT2D eigenvalue weighted by molar-refractivity contribution is -0.404. The van der Waals surface area contributed by atoms with Crippen molar-refractivity contribution < 1.29 is 39.2 Å². The number of thiocarbonyl (C=S) groups is 1. The molecule has 111 heavy (non-hydrogen) atoms. The van der Waals surface area contributed by atoms with Crippen LogP contribution in [-0.2, 0) is 46.2 Å². The maximum absolute atomic E-state index is 11.4. The highest BCUT2D eigenvalue weighted by atomic mass is 32.2. The third-order valence-electron chi connectivity index (χ3n) is 15.9. The summed E-state index contributed by atoms with van der Waals surface area (Å²) in [4.78, 5) is 49.5. The molecule has 0 spiro atoms. The standard InChI is InChI=1S/C10H14O2.C9H17N3O2S.C8H14N2O2S.C8H14N2OS.C8H14N2S.C8H14N2.C8H15NO2.C7H14O.C7H14S.C6H14O2S.2CH4/c1-5(2)7-8(6(3)4)10(12)9(7)11;1-6(2)8-10-15(13,14)11-9(7(3)4)12(8)5;1-5(2)7-8(6(3)4)10-13(11,12)9-7;1-5(2)7-8(6(3)4)10-12(11)9-7;1-5(2)7-8(6(3)4)10-11-9-7;1-6(2)8(7(3)4)10-5-9;1-6(2)8(7(3)4)5-9(10)11;2*1-5(2)7(8)6(3)4;1-5(2)9(7,8)6(3)4;;/h5-6H,1-4H3;6-7H,1-5H3;5-6H,1-4H3;5-6H,1-4H3;5-6H,1-4H3;6-7H,1-4H3;5-7H,1-4H3;2*5-6H,1-4H3;5-6H,1-4H3;2*1H4. The highest BCUT2D eigenvalue weighted by Crippen LogP contribution is 2.25. The summed E-state index contributed by atoms with van der Waals surface area (Å²) in [5.74, 6) is 6.68. The van der Waals surface area contributed by atoms with Gasteiger partial charge in [-0.05, 0) is 115 Å². The lowest BCUT2D eigenvalue weighted by Gasteiger charge is -2.29. The van der Waals surface area contributed by atoms with Crippen molar-refractivity contribution in [2.24, 2.45) is 114 Å². The first-order chi connectivity index (χ1) is 49.2. The van der Waals surface area contributed by atoms with Crippen LogP contribution in [0, 0.1) is 104 Å². The Morgan fingerprint density at radius 2 is 0.775 bits per heavy atom. The molecule has 24 nitrogen and oxygen atoms in total. The van der Waals surface area contributed by atoms with Crippen molar-refractivity contribution in [1.29, 1.82) is 5.26 Å². The monoisotopic (exact) mass is 1680 g/mol. The summed E-state index contributed by atoms with van der Waals surface area (Å²) in [6.45, 7) is 79.1. The van der Waals surface area contributed by atoms with Crippen LogP contribution in [0.1, 0.15) is 338 Å². The molecule has 4 heterocycles. The molecule has 0 N–H and O–H groups in total. The summed E-state index contributed by atoms with van der Waals surface area (Å²) in [6.07, 6.45) is 2.94. The minimum absolute atomic E-state index is 0. The van der Waals surface area contributed by atoms with Crippen LogP contribution in [-0.4, -0.2) is 116 Å². The molecule has 3 aliphatic heterocycles. The zero-order chi connectivity index (χ0) is 87.5. The largest absolute Gasteiger partial charge is 0.366 e. The Morgan fingerprint density at radius 3 is 0.928 bits per heavy atom. The molecule has 5 rings (SSSR count). The van der Waals surface area contributed by atoms with Gasteiger partial charge in [-0.3, -0.25) is 24.5 Å². The molecule has 2 aromatic rings. The van der Waals surface area contributed by atoms with Gasteiger partial charge in [0.2, 0.25) is 23.3 Å². The summed E-state index contributed by atoms with van der Waals surface area (Å²) >= 11 is 5.08. The zero-order valence-electron chi connectivity index (χ0n) is 74.3. The van der Waals surface area contributed by atoms with Gasteiger partial charge in [0.05, 0.1) is 61.4 Å². The van der Waals surface area contributed by atoms with E-state index in [1.165, 1.54) is 28.0 Å². The van der Waals surface area contributed by atoms with Gasteiger partial charge >= 0.3 is 20.4 Å². The number of ketones is 1. The molecule has 0 amide bonds. The molecule has 1 aromatic heterocycles. The summed E-state index contributed by atoms with van der Waals surface area (Å²) in [5, 5.41) is 18.0. The molecule has 644 valence electrons. The Labute approximate surface area is 688 Å². The fourth-order valence-electron chi connectivity index (χ4n) is 10.3. The van der Waals surface area contributed by atoms with Gasteiger partial charge in [0.1, 0.15) is 17.5 Å². The molecule has 0 aliphatic carbocycles. The van der Waals surface area contributed by atoms with Crippen LogP contribution in [0.4, 0.5) is 0 Å². The Balaban J connectivity index is -0.000000217. The van der Waals surface area contributed by atoms with E-state index in [2.05, 4.69) is 123 Å². The van der Waals surface area contributed by atoms with Gasteiger partial charge in [-0.15, -0.1) is 17.6 Å². The van der Waals surface area contributed by atoms with Crippen molar-refractivity contribution in [2.45, 2.75) is 326 Å². The van der Waals surface area contributed by atoms with Crippen LogP contribution in [0.25, 0.3) is 0 Å². The van der Waals surface area contributed by atoms with Gasteiger partial charge in [-0.2, -0.15) is 44.6 Å². The van der Waals surface area contributed by atoms with E-state index in [9.17, 15) is 54.0 Å². The third-order valence-corrected chi connectivity index (χ3v) is 22.5. The van der Waals surface area contributed by atoms with Gasteiger partial charge in [0.15, 0.2) is 9.84 Å². The highest BCUT2D eigenvalue weighted by molar-refractivity contribution is 7.92. The van der Waals surface area contributed by atoms with Crippen molar-refractivity contribution in [1.82, 2.24) is 13.6 Å². The first-order valence-corrected chi connectivity index (χ1v) is 44.8. The number of nitro groups is 1. The molecule has 0 saturated carbocycles. The van der Waals surface area contributed by atoms with E-state index in [4.69, 9.17) is 17.5 Å². The van der Waals surface area contributed by atoms with Crippen molar-refractivity contribution in [3.8, 4) is 6.19 Å². The minimum atomic E-state index is -3.67. The van der Waals surface area contributed by atoms with Crippen molar-refractivity contribution in [3.05, 3.63) is 64.8 Å². The average molecular weight is 1680 g/mol. The fourth-order valence-corrected chi connectivity index (χ4v) is 15.5. The lowest BCUT2D eigenvalue weighted by atomic mass is 9.85. The number of allylic oxidation sites excluding steroid dienone is 1. The summed E-state index contributed by atoms with van der Waals surface area (Å²) in [5.41, 5.74) is 8.21. The number of rotatable bonds is 21. The summed E-state index contributed by atoms with van der Waals surface area (Å²) in [6, 6.07) is 0. The average Bonchev–Trinajstić information content (AvgIpc) is 1.71. The second-order valence-electron chi connectivity index (χ2n) is 32.8. The number of aromatic nitrogens is 2. The van der Waals surface area contributed by atoms with Gasteiger partial charge in [-0.25, -0.2) is 12.6 Å². The number of carbonyl (C=O) groups is 1. The highest BCUT2D eigenvalue weighted by Gasteiger charge is 2.30. The third kappa shape index (κ3) is 45.4. The number of sulfone groups is 1. The molecule has 30 heteroatoms. The van der Waals surface area contributed by atoms with E-state index in [0.717, 1.165) is 40.0 Å². The molecule has 0 fully saturated rings. The molecule has 0 radical (unpaired) electrons. The first kappa shape index (κ1) is 119. The van der Waals surface area contributed by atoms with E-state index in [1.807, 2.05) is 172 Å². The molecular weight excluding hydrogens is 1530 g/mol. The number of hydrogen-bond acceptors (Lipinski definition) is 19. The number of aliphatic imine (C=N–C) groups is 1. The molecule has 0 unspecified atom stereocenters. The summed E-state index contributed by atoms with van der Waals surface area (Å²) < 4.78 is 109. The van der Waals surface area contributed by atoms with Crippen LogP contribution in [0.15, 0.2) is 52.7 Å². The van der Waals surface area contributed by atoms with Gasteiger partial charge in [0, 0.05) is 53.1 Å². The maximum atomic E-state index is 11.4. The second-order valence-corrected chi connectivity index (χ2v) is 40.2. The lowest BCUT2D eigenvalue weighted by Crippen LogP contribution is -2.42. The number of nitrogens with zero attached hydrogens (tertiary/aromatic N) is 12. The molecule has 0 bridgehead atoms.